The fourth-order valence-electron chi connectivity index (χ4n) is 6.34. The van der Waals surface area contributed by atoms with Gasteiger partial charge in [0.2, 0.25) is 0 Å². The van der Waals surface area contributed by atoms with Crippen molar-refractivity contribution in [1.82, 2.24) is 9.78 Å². The van der Waals surface area contributed by atoms with Crippen LogP contribution in [0, 0.1) is 17.6 Å². The molecule has 37 heavy (non-hydrogen) atoms. The van der Waals surface area contributed by atoms with Gasteiger partial charge in [0.15, 0.2) is 23.1 Å². The Morgan fingerprint density at radius 3 is 2.46 bits per heavy atom. The summed E-state index contributed by atoms with van der Waals surface area (Å²) in [4.78, 5) is 0. The Labute approximate surface area is 215 Å². The van der Waals surface area contributed by atoms with Crippen molar-refractivity contribution in [3.8, 4) is 11.5 Å². The van der Waals surface area contributed by atoms with Crippen molar-refractivity contribution in [2.75, 3.05) is 14.2 Å². The molecule has 190 valence electrons. The quantitative estimate of drug-likeness (QED) is 0.295. The number of benzene rings is 3. The number of hydrogen-bond acceptors (Lipinski definition) is 3. The summed E-state index contributed by atoms with van der Waals surface area (Å²) < 4.78 is 43.2. The fourth-order valence-corrected chi connectivity index (χ4v) is 6.34. The normalized spacial score (nSPS) is 20.5. The lowest BCUT2D eigenvalue weighted by molar-refractivity contribution is 0.345. The lowest BCUT2D eigenvalue weighted by Crippen LogP contribution is -2.19. The smallest absolute Gasteiger partial charge is 0.171 e. The summed E-state index contributed by atoms with van der Waals surface area (Å²) in [6.07, 6.45) is 10.5. The molecule has 4 aromatic rings. The van der Waals surface area contributed by atoms with Crippen LogP contribution >= 0.6 is 0 Å². The highest BCUT2D eigenvalue weighted by Gasteiger charge is 2.33. The number of nitrogens with zero attached hydrogens (tertiary/aromatic N) is 2. The summed E-state index contributed by atoms with van der Waals surface area (Å²) in [5.74, 6) is -1.01. The number of halogens is 2. The Hall–Kier alpha value is -3.67. The van der Waals surface area contributed by atoms with Crippen LogP contribution in [0.1, 0.15) is 53.0 Å². The van der Waals surface area contributed by atoms with Gasteiger partial charge in [0.05, 0.1) is 14.2 Å². The van der Waals surface area contributed by atoms with E-state index in [4.69, 9.17) is 9.47 Å². The van der Waals surface area contributed by atoms with Crippen LogP contribution in [0.2, 0.25) is 0 Å². The Balaban J connectivity index is 1.40. The van der Waals surface area contributed by atoms with Gasteiger partial charge in [-0.15, -0.1) is 0 Å². The van der Waals surface area contributed by atoms with E-state index in [1.165, 1.54) is 53.3 Å². The molecule has 0 saturated heterocycles. The number of hydrogen-bond donors (Lipinski definition) is 0. The fraction of sp³-hybridized carbons (Fsp3) is 0.323. The Morgan fingerprint density at radius 2 is 1.76 bits per heavy atom. The minimum absolute atomic E-state index is 0.00786. The SMILES string of the molecule is COc1cc(OC)c(F)c(C2Cc3c(ccc4c5c(ccc34)CC(Cn3cccn3)C=C5)C(C)C2)c1F. The summed E-state index contributed by atoms with van der Waals surface area (Å²) in [6.45, 7) is 2.99. The second-order valence-electron chi connectivity index (χ2n) is 10.3. The second-order valence-corrected chi connectivity index (χ2v) is 10.3. The van der Waals surface area contributed by atoms with E-state index in [2.05, 4.69) is 48.4 Å². The van der Waals surface area contributed by atoms with Crippen LogP contribution in [0.15, 0.2) is 54.9 Å². The van der Waals surface area contributed by atoms with Crippen LogP contribution in [-0.2, 0) is 19.4 Å². The van der Waals surface area contributed by atoms with Gasteiger partial charge < -0.3 is 9.47 Å². The van der Waals surface area contributed by atoms with Gasteiger partial charge in [0.1, 0.15) is 0 Å². The van der Waals surface area contributed by atoms with E-state index >= 15 is 8.78 Å². The lowest BCUT2D eigenvalue weighted by Gasteiger charge is -2.32. The third kappa shape index (κ3) is 3.99. The Kier molecular flexibility index (Phi) is 5.98. The molecule has 0 spiro atoms. The molecule has 0 fully saturated rings. The van der Waals surface area contributed by atoms with Crippen LogP contribution in [0.25, 0.3) is 16.8 Å². The molecule has 4 nitrogen and oxygen atoms in total. The third-order valence-corrected chi connectivity index (χ3v) is 8.11. The average Bonchev–Trinajstić information content (AvgIpc) is 3.41. The van der Waals surface area contributed by atoms with E-state index in [-0.39, 0.29) is 28.9 Å². The molecule has 2 aliphatic carbocycles. The molecule has 2 aliphatic rings. The minimum atomic E-state index is -0.634. The highest BCUT2D eigenvalue weighted by atomic mass is 19.1. The Bertz CT molecular complexity index is 1480. The van der Waals surface area contributed by atoms with Gasteiger partial charge in [0.25, 0.3) is 0 Å². The number of methoxy groups -OCH3 is 2. The maximum absolute atomic E-state index is 15.4. The molecular formula is C31H30F2N2O2. The van der Waals surface area contributed by atoms with E-state index in [1.807, 2.05) is 23.1 Å². The molecule has 0 bridgehead atoms. The van der Waals surface area contributed by atoms with E-state index in [0.717, 1.165) is 13.0 Å². The summed E-state index contributed by atoms with van der Waals surface area (Å²) in [7, 11) is 2.78. The number of fused-ring (bicyclic) bond motifs is 5. The molecule has 3 unspecified atom stereocenters. The molecule has 6 heteroatoms. The molecule has 0 aliphatic heterocycles. The van der Waals surface area contributed by atoms with Crippen molar-refractivity contribution in [3.05, 3.63) is 94.3 Å². The summed E-state index contributed by atoms with van der Waals surface area (Å²) in [5.41, 5.74) is 5.06. The molecule has 3 atom stereocenters. The first kappa shape index (κ1) is 23.7. The molecule has 0 amide bonds. The molecule has 1 aromatic heterocycles. The first-order valence-corrected chi connectivity index (χ1v) is 12.8. The van der Waals surface area contributed by atoms with Gasteiger partial charge in [-0.2, -0.15) is 5.10 Å². The standard InChI is InChI=1S/C31H30F2N2O2/c1-18-13-21(29-30(32)27(36-2)16-28(37-3)31(29)33)15-26-22(18)9-10-24-23-7-5-19(17-35-12-4-11-34-35)14-20(23)6-8-25(24)26/h4-12,16,18-19,21H,13-15,17H2,1-3H3. The molecule has 0 saturated carbocycles. The predicted octanol–water partition coefficient (Wildman–Crippen LogP) is 7.05. The van der Waals surface area contributed by atoms with Crippen molar-refractivity contribution in [3.63, 3.8) is 0 Å². The van der Waals surface area contributed by atoms with Gasteiger partial charge in [0, 0.05) is 36.5 Å². The lowest BCUT2D eigenvalue weighted by atomic mass is 9.72. The van der Waals surface area contributed by atoms with E-state index in [9.17, 15) is 0 Å². The first-order valence-electron chi connectivity index (χ1n) is 12.8. The predicted molar refractivity (Wildman–Crippen MR) is 141 cm³/mol. The Morgan fingerprint density at radius 1 is 1.00 bits per heavy atom. The number of allylic oxidation sites excluding steroid dienone is 1. The maximum atomic E-state index is 15.4. The average molecular weight is 501 g/mol. The van der Waals surface area contributed by atoms with E-state index in [0.29, 0.717) is 18.8 Å². The monoisotopic (exact) mass is 500 g/mol. The largest absolute Gasteiger partial charge is 0.494 e. The maximum Gasteiger partial charge on any atom is 0.171 e. The van der Waals surface area contributed by atoms with Crippen molar-refractivity contribution in [2.24, 2.45) is 5.92 Å². The first-order chi connectivity index (χ1) is 18.0. The number of ether oxygens (including phenoxy) is 2. The molecule has 1 heterocycles. The van der Waals surface area contributed by atoms with Crippen LogP contribution in [0.3, 0.4) is 0 Å². The van der Waals surface area contributed by atoms with Crippen LogP contribution in [0.5, 0.6) is 11.5 Å². The van der Waals surface area contributed by atoms with Crippen molar-refractivity contribution < 1.29 is 18.3 Å². The summed E-state index contributed by atoms with van der Waals surface area (Å²) in [5, 5.41) is 6.71. The van der Waals surface area contributed by atoms with Crippen molar-refractivity contribution in [1.29, 1.82) is 0 Å². The number of aromatic nitrogens is 2. The van der Waals surface area contributed by atoms with E-state index < -0.39 is 11.6 Å². The van der Waals surface area contributed by atoms with Gasteiger partial charge in [-0.05, 0) is 70.2 Å². The van der Waals surface area contributed by atoms with Crippen LogP contribution in [-0.4, -0.2) is 24.0 Å². The van der Waals surface area contributed by atoms with Crippen molar-refractivity contribution in [2.45, 2.75) is 44.6 Å². The van der Waals surface area contributed by atoms with Gasteiger partial charge >= 0.3 is 0 Å². The zero-order valence-corrected chi connectivity index (χ0v) is 21.3. The van der Waals surface area contributed by atoms with Crippen LogP contribution in [0.4, 0.5) is 8.78 Å². The minimum Gasteiger partial charge on any atom is -0.494 e. The van der Waals surface area contributed by atoms with Gasteiger partial charge in [-0.1, -0.05) is 43.3 Å². The molecule has 6 rings (SSSR count). The number of rotatable bonds is 5. The summed E-state index contributed by atoms with van der Waals surface area (Å²) >= 11 is 0. The van der Waals surface area contributed by atoms with E-state index in [1.54, 1.807) is 0 Å². The highest BCUT2D eigenvalue weighted by Crippen LogP contribution is 2.47. The topological polar surface area (TPSA) is 36.3 Å². The summed E-state index contributed by atoms with van der Waals surface area (Å²) in [6, 6.07) is 12.1. The third-order valence-electron chi connectivity index (χ3n) is 8.11. The van der Waals surface area contributed by atoms with Crippen molar-refractivity contribution >= 4 is 16.8 Å². The van der Waals surface area contributed by atoms with Gasteiger partial charge in [-0.25, -0.2) is 8.78 Å². The zero-order chi connectivity index (χ0) is 25.7. The van der Waals surface area contributed by atoms with Crippen LogP contribution < -0.4 is 9.47 Å². The molecule has 0 N–H and O–H groups in total. The second kappa shape index (κ2) is 9.33. The molecule has 3 aromatic carbocycles. The highest BCUT2D eigenvalue weighted by molar-refractivity contribution is 5.95. The zero-order valence-electron chi connectivity index (χ0n) is 21.3. The molecular weight excluding hydrogens is 470 g/mol. The molecule has 0 radical (unpaired) electrons. The van der Waals surface area contributed by atoms with Gasteiger partial charge in [-0.3, -0.25) is 4.68 Å².